The molecule has 0 aliphatic rings. The molecule has 0 saturated heterocycles. The maximum absolute atomic E-state index is 12.5. The maximum atomic E-state index is 12.5. The second-order valence-electron chi connectivity index (χ2n) is 4.83. The van der Waals surface area contributed by atoms with Crippen molar-refractivity contribution in [3.8, 4) is 0 Å². The molecule has 0 aliphatic carbocycles. The molecule has 0 saturated carbocycles. The van der Waals surface area contributed by atoms with E-state index >= 15 is 0 Å². The number of hydrogen-bond acceptors (Lipinski definition) is 6. The second-order valence-corrected chi connectivity index (χ2v) is 4.83. The third-order valence-electron chi connectivity index (χ3n) is 3.10. The Hall–Kier alpha value is -3.42. The molecule has 0 fully saturated rings. The highest BCUT2D eigenvalue weighted by Gasteiger charge is 2.08. The molecule has 0 radical (unpaired) electrons. The summed E-state index contributed by atoms with van der Waals surface area (Å²) in [5.74, 6) is 0.667. The predicted molar refractivity (Wildman–Crippen MR) is 86.6 cm³/mol. The number of amides is 1. The van der Waals surface area contributed by atoms with Crippen LogP contribution in [-0.4, -0.2) is 26.1 Å². The fourth-order valence-corrected chi connectivity index (χ4v) is 1.92. The fourth-order valence-electron chi connectivity index (χ4n) is 1.92. The van der Waals surface area contributed by atoms with Gasteiger partial charge < -0.3 is 10.6 Å². The van der Waals surface area contributed by atoms with Gasteiger partial charge in [0.05, 0.1) is 18.1 Å². The van der Waals surface area contributed by atoms with Crippen molar-refractivity contribution in [2.45, 2.75) is 6.67 Å². The van der Waals surface area contributed by atoms with Crippen LogP contribution in [0.3, 0.4) is 0 Å². The van der Waals surface area contributed by atoms with Crippen molar-refractivity contribution in [1.82, 2.24) is 20.2 Å². The van der Waals surface area contributed by atoms with E-state index in [1.807, 2.05) is 0 Å². The Morgan fingerprint density at radius 3 is 2.62 bits per heavy atom. The molecule has 0 spiro atoms. The summed E-state index contributed by atoms with van der Waals surface area (Å²) < 4.78 is 12.5. The van der Waals surface area contributed by atoms with E-state index in [2.05, 4.69) is 30.8 Å². The maximum Gasteiger partial charge on any atom is 0.255 e. The standard InChI is InChI=1S/C16H13FN6O/c17-8-11-1-2-14(19-9-11)23-15-7-12(3-5-18-15)16(24)22-13-4-6-20-21-10-13/h1-7,9-10H,8H2,(H,18,19,23)(H,20,22,24). The van der Waals surface area contributed by atoms with Gasteiger partial charge >= 0.3 is 0 Å². The number of nitrogens with zero attached hydrogens (tertiary/aromatic N) is 4. The third-order valence-corrected chi connectivity index (χ3v) is 3.10. The molecule has 24 heavy (non-hydrogen) atoms. The number of carbonyl (C=O) groups excluding carboxylic acids is 1. The van der Waals surface area contributed by atoms with Crippen LogP contribution in [0.2, 0.25) is 0 Å². The predicted octanol–water partition coefficient (Wildman–Crippen LogP) is 2.73. The molecule has 3 aromatic rings. The highest BCUT2D eigenvalue weighted by Crippen LogP contribution is 2.15. The molecular weight excluding hydrogens is 311 g/mol. The minimum absolute atomic E-state index is 0.297. The molecule has 0 aliphatic heterocycles. The Morgan fingerprint density at radius 2 is 1.92 bits per heavy atom. The zero-order chi connectivity index (χ0) is 16.8. The summed E-state index contributed by atoms with van der Waals surface area (Å²) in [6.07, 6.45) is 5.89. The Kier molecular flexibility index (Phi) is 4.66. The van der Waals surface area contributed by atoms with Gasteiger partial charge in [-0.25, -0.2) is 14.4 Å². The number of hydrogen-bond donors (Lipinski definition) is 2. The van der Waals surface area contributed by atoms with E-state index in [0.717, 1.165) is 0 Å². The van der Waals surface area contributed by atoms with Crippen LogP contribution in [0.25, 0.3) is 0 Å². The molecule has 0 bridgehead atoms. The van der Waals surface area contributed by atoms with Gasteiger partial charge in [0.15, 0.2) is 0 Å². The van der Waals surface area contributed by atoms with Crippen LogP contribution in [0.1, 0.15) is 15.9 Å². The molecule has 3 heterocycles. The summed E-state index contributed by atoms with van der Waals surface area (Å²) in [5.41, 5.74) is 1.46. The summed E-state index contributed by atoms with van der Waals surface area (Å²) in [4.78, 5) is 20.4. The van der Waals surface area contributed by atoms with Crippen LogP contribution >= 0.6 is 0 Å². The number of pyridine rings is 2. The molecule has 0 unspecified atom stereocenters. The van der Waals surface area contributed by atoms with Gasteiger partial charge in [-0.2, -0.15) is 10.2 Å². The second kappa shape index (κ2) is 7.23. The summed E-state index contributed by atoms with van der Waals surface area (Å²) in [7, 11) is 0. The zero-order valence-corrected chi connectivity index (χ0v) is 12.5. The van der Waals surface area contributed by atoms with Gasteiger partial charge in [0.25, 0.3) is 5.91 Å². The minimum Gasteiger partial charge on any atom is -0.325 e. The first-order valence-corrected chi connectivity index (χ1v) is 7.06. The topological polar surface area (TPSA) is 92.7 Å². The van der Waals surface area contributed by atoms with Gasteiger partial charge in [-0.3, -0.25) is 4.79 Å². The highest BCUT2D eigenvalue weighted by atomic mass is 19.1. The summed E-state index contributed by atoms with van der Waals surface area (Å²) >= 11 is 0. The lowest BCUT2D eigenvalue weighted by Crippen LogP contribution is -2.12. The number of aromatic nitrogens is 4. The minimum atomic E-state index is -0.564. The Labute approximate surface area is 137 Å². The Balaban J connectivity index is 1.72. The summed E-state index contributed by atoms with van der Waals surface area (Å²) in [5, 5.41) is 13.0. The van der Waals surface area contributed by atoms with Crippen LogP contribution in [0.15, 0.2) is 55.1 Å². The Bertz CT molecular complexity index is 825. The van der Waals surface area contributed by atoms with Crippen LogP contribution in [0.4, 0.5) is 21.7 Å². The van der Waals surface area contributed by atoms with Gasteiger partial charge in [0, 0.05) is 23.5 Å². The number of halogens is 1. The average Bonchev–Trinajstić information content (AvgIpc) is 2.63. The first-order chi connectivity index (χ1) is 11.7. The van der Waals surface area contributed by atoms with Crippen molar-refractivity contribution in [3.05, 3.63) is 66.2 Å². The quantitative estimate of drug-likeness (QED) is 0.749. The first kappa shape index (κ1) is 15.5. The summed E-state index contributed by atoms with van der Waals surface area (Å²) in [6.45, 7) is -0.564. The van der Waals surface area contributed by atoms with Gasteiger partial charge in [-0.05, 0) is 24.3 Å². The SMILES string of the molecule is O=C(Nc1ccnnc1)c1ccnc(Nc2ccc(CF)cn2)c1. The van der Waals surface area contributed by atoms with Crippen molar-refractivity contribution in [3.63, 3.8) is 0 Å². The third kappa shape index (κ3) is 3.86. The van der Waals surface area contributed by atoms with Crippen LogP contribution in [0.5, 0.6) is 0 Å². The molecule has 3 aromatic heterocycles. The highest BCUT2D eigenvalue weighted by molar-refractivity contribution is 6.04. The zero-order valence-electron chi connectivity index (χ0n) is 12.5. The molecule has 7 nitrogen and oxygen atoms in total. The fraction of sp³-hybridized carbons (Fsp3) is 0.0625. The normalized spacial score (nSPS) is 10.2. The van der Waals surface area contributed by atoms with E-state index < -0.39 is 6.67 Å². The van der Waals surface area contributed by atoms with E-state index in [1.54, 1.807) is 30.3 Å². The number of rotatable bonds is 5. The first-order valence-electron chi connectivity index (χ1n) is 7.06. The lowest BCUT2D eigenvalue weighted by Gasteiger charge is -2.08. The number of anilines is 3. The largest absolute Gasteiger partial charge is 0.325 e. The lowest BCUT2D eigenvalue weighted by molar-refractivity contribution is 0.102. The van der Waals surface area contributed by atoms with Gasteiger partial charge in [0.1, 0.15) is 18.3 Å². The molecule has 8 heteroatoms. The van der Waals surface area contributed by atoms with E-state index in [4.69, 9.17) is 0 Å². The van der Waals surface area contributed by atoms with Gasteiger partial charge in [-0.1, -0.05) is 6.07 Å². The molecule has 120 valence electrons. The van der Waals surface area contributed by atoms with Crippen molar-refractivity contribution in [1.29, 1.82) is 0 Å². The molecule has 0 aromatic carbocycles. The Morgan fingerprint density at radius 1 is 1.00 bits per heavy atom. The van der Waals surface area contributed by atoms with Crippen molar-refractivity contribution < 1.29 is 9.18 Å². The molecule has 3 rings (SSSR count). The smallest absolute Gasteiger partial charge is 0.255 e. The molecular formula is C16H13FN6O. The van der Waals surface area contributed by atoms with E-state index in [-0.39, 0.29) is 5.91 Å². The summed E-state index contributed by atoms with van der Waals surface area (Å²) in [6, 6.07) is 8.10. The monoisotopic (exact) mass is 324 g/mol. The van der Waals surface area contributed by atoms with Crippen molar-refractivity contribution >= 4 is 23.2 Å². The van der Waals surface area contributed by atoms with Crippen molar-refractivity contribution in [2.75, 3.05) is 10.6 Å². The van der Waals surface area contributed by atoms with E-state index in [9.17, 15) is 9.18 Å². The van der Waals surface area contributed by atoms with E-state index in [0.29, 0.717) is 28.5 Å². The van der Waals surface area contributed by atoms with Gasteiger partial charge in [0.2, 0.25) is 0 Å². The van der Waals surface area contributed by atoms with Crippen LogP contribution in [0, 0.1) is 0 Å². The van der Waals surface area contributed by atoms with E-state index in [1.165, 1.54) is 24.8 Å². The van der Waals surface area contributed by atoms with Crippen molar-refractivity contribution in [2.24, 2.45) is 0 Å². The number of carbonyl (C=O) groups is 1. The molecule has 2 N–H and O–H groups in total. The van der Waals surface area contributed by atoms with Crippen LogP contribution < -0.4 is 10.6 Å². The number of alkyl halides is 1. The molecule has 1 amide bonds. The van der Waals surface area contributed by atoms with Crippen LogP contribution in [-0.2, 0) is 6.67 Å². The molecule has 0 atom stereocenters. The average molecular weight is 324 g/mol. The lowest BCUT2D eigenvalue weighted by atomic mass is 10.2. The van der Waals surface area contributed by atoms with Gasteiger partial charge in [-0.15, -0.1) is 0 Å². The number of nitrogens with one attached hydrogen (secondary N) is 2.